The zero-order valence-electron chi connectivity index (χ0n) is 10.4. The minimum atomic E-state index is -3.04. The van der Waals surface area contributed by atoms with Crippen LogP contribution in [0.5, 0.6) is 5.75 Å². The summed E-state index contributed by atoms with van der Waals surface area (Å²) in [6.45, 7) is 1.32. The molecule has 1 fully saturated rings. The quantitative estimate of drug-likeness (QED) is 0.812. The first-order chi connectivity index (χ1) is 8.99. The van der Waals surface area contributed by atoms with E-state index in [9.17, 15) is 8.42 Å². The lowest BCUT2D eigenvalue weighted by Gasteiger charge is -2.14. The molecular weight excluding hydrogens is 284 g/mol. The predicted molar refractivity (Wildman–Crippen MR) is 77.8 cm³/mol. The number of nitrogens with two attached hydrogens (primary N) is 1. The van der Waals surface area contributed by atoms with Crippen molar-refractivity contribution in [2.45, 2.75) is 6.42 Å². The summed E-state index contributed by atoms with van der Waals surface area (Å²) < 4.78 is 30.1. The molecule has 0 amide bonds. The molecule has 0 saturated carbocycles. The van der Waals surface area contributed by atoms with E-state index in [1.807, 2.05) is 0 Å². The lowest BCUT2D eigenvalue weighted by Crippen LogP contribution is -2.30. The second kappa shape index (κ2) is 5.85. The van der Waals surface area contributed by atoms with Gasteiger partial charge in [-0.25, -0.2) is 8.42 Å². The van der Waals surface area contributed by atoms with Crippen LogP contribution in [0.25, 0.3) is 0 Å². The fourth-order valence-electron chi connectivity index (χ4n) is 1.92. The molecule has 2 N–H and O–H groups in total. The lowest BCUT2D eigenvalue weighted by atomic mass is 10.2. The van der Waals surface area contributed by atoms with Gasteiger partial charge in [-0.05, 0) is 30.7 Å². The molecule has 0 unspecified atom stereocenters. The van der Waals surface area contributed by atoms with Crippen molar-refractivity contribution in [3.05, 3.63) is 29.8 Å². The molecule has 1 saturated heterocycles. The van der Waals surface area contributed by atoms with E-state index in [-0.39, 0.29) is 5.75 Å². The predicted octanol–water partition coefficient (Wildman–Crippen LogP) is 0.735. The van der Waals surface area contributed by atoms with Crippen LogP contribution in [0.4, 0.5) is 0 Å². The van der Waals surface area contributed by atoms with Gasteiger partial charge in [-0.15, -0.1) is 0 Å². The summed E-state index contributed by atoms with van der Waals surface area (Å²) in [4.78, 5) is 0.342. The van der Waals surface area contributed by atoms with Crippen molar-refractivity contribution >= 4 is 27.2 Å². The molecule has 0 atom stereocenters. The summed E-state index contributed by atoms with van der Waals surface area (Å²) in [6, 6.07) is 7.11. The molecule has 5 nitrogen and oxygen atoms in total. The van der Waals surface area contributed by atoms with Gasteiger partial charge in [0.25, 0.3) is 0 Å². The first kappa shape index (κ1) is 14.2. The highest BCUT2D eigenvalue weighted by atomic mass is 32.2. The Morgan fingerprint density at radius 1 is 1.37 bits per heavy atom. The number of ether oxygens (including phenoxy) is 1. The largest absolute Gasteiger partial charge is 0.492 e. The van der Waals surface area contributed by atoms with Gasteiger partial charge in [0.2, 0.25) is 10.0 Å². The maximum atomic E-state index is 11.6. The number of rotatable bonds is 5. The number of thiocarbonyl (C=S) groups is 1. The van der Waals surface area contributed by atoms with Crippen molar-refractivity contribution in [1.82, 2.24) is 4.31 Å². The van der Waals surface area contributed by atoms with E-state index in [1.54, 1.807) is 24.3 Å². The van der Waals surface area contributed by atoms with Crippen LogP contribution in [0.3, 0.4) is 0 Å². The summed E-state index contributed by atoms with van der Waals surface area (Å²) in [5, 5.41) is 0. The smallest absolute Gasteiger partial charge is 0.214 e. The molecule has 0 bridgehead atoms. The fourth-order valence-corrected chi connectivity index (χ4v) is 3.57. The minimum absolute atomic E-state index is 0.246. The monoisotopic (exact) mass is 300 g/mol. The highest BCUT2D eigenvalue weighted by Crippen LogP contribution is 2.15. The van der Waals surface area contributed by atoms with E-state index < -0.39 is 10.0 Å². The summed E-state index contributed by atoms with van der Waals surface area (Å²) in [6.07, 6.45) is 0.699. The van der Waals surface area contributed by atoms with Crippen molar-refractivity contribution < 1.29 is 13.2 Å². The topological polar surface area (TPSA) is 72.6 Å². The van der Waals surface area contributed by atoms with Crippen LogP contribution >= 0.6 is 12.2 Å². The molecule has 19 heavy (non-hydrogen) atoms. The Morgan fingerprint density at radius 3 is 2.58 bits per heavy atom. The van der Waals surface area contributed by atoms with E-state index in [0.29, 0.717) is 36.9 Å². The van der Waals surface area contributed by atoms with Crippen molar-refractivity contribution in [2.24, 2.45) is 5.73 Å². The van der Waals surface area contributed by atoms with Crippen LogP contribution in [0.2, 0.25) is 0 Å². The maximum absolute atomic E-state index is 11.6. The van der Waals surface area contributed by atoms with E-state index in [4.69, 9.17) is 22.7 Å². The molecule has 0 aromatic heterocycles. The summed E-state index contributed by atoms with van der Waals surface area (Å²) in [5.74, 6) is 0.923. The average Bonchev–Trinajstić information content (AvgIpc) is 2.69. The highest BCUT2D eigenvalue weighted by molar-refractivity contribution is 7.89. The van der Waals surface area contributed by atoms with E-state index in [0.717, 1.165) is 5.56 Å². The van der Waals surface area contributed by atoms with Gasteiger partial charge in [-0.1, -0.05) is 12.2 Å². The standard InChI is InChI=1S/C12H16N2O3S2/c13-12(18)10-2-4-11(5-3-10)17-8-7-14-6-1-9-19(14,15)16/h2-5H,1,6-9H2,(H2,13,18). The summed E-state index contributed by atoms with van der Waals surface area (Å²) in [7, 11) is -3.04. The van der Waals surface area contributed by atoms with Crippen molar-refractivity contribution in [1.29, 1.82) is 0 Å². The maximum Gasteiger partial charge on any atom is 0.214 e. The number of sulfonamides is 1. The molecule has 1 aliphatic rings. The Bertz CT molecular complexity index is 555. The third-order valence-electron chi connectivity index (χ3n) is 2.95. The normalized spacial score (nSPS) is 18.3. The third-order valence-corrected chi connectivity index (χ3v) is 5.14. The molecule has 0 aliphatic carbocycles. The number of benzene rings is 1. The minimum Gasteiger partial charge on any atom is -0.492 e. The average molecular weight is 300 g/mol. The molecule has 0 spiro atoms. The van der Waals surface area contributed by atoms with Gasteiger partial charge in [-0.3, -0.25) is 0 Å². The molecule has 1 heterocycles. The summed E-state index contributed by atoms with van der Waals surface area (Å²) >= 11 is 4.85. The lowest BCUT2D eigenvalue weighted by molar-refractivity contribution is 0.279. The van der Waals surface area contributed by atoms with Crippen LogP contribution in [0, 0.1) is 0 Å². The first-order valence-electron chi connectivity index (χ1n) is 5.99. The van der Waals surface area contributed by atoms with Gasteiger partial charge >= 0.3 is 0 Å². The van der Waals surface area contributed by atoms with Crippen molar-refractivity contribution in [3.63, 3.8) is 0 Å². The second-order valence-corrected chi connectivity index (χ2v) is 6.83. The molecule has 0 radical (unpaired) electrons. The van der Waals surface area contributed by atoms with Crippen LogP contribution < -0.4 is 10.5 Å². The van der Waals surface area contributed by atoms with Gasteiger partial charge in [0.15, 0.2) is 0 Å². The van der Waals surface area contributed by atoms with Gasteiger partial charge in [0.05, 0.1) is 5.75 Å². The van der Waals surface area contributed by atoms with E-state index in [1.165, 1.54) is 4.31 Å². The van der Waals surface area contributed by atoms with Crippen molar-refractivity contribution in [3.8, 4) is 5.75 Å². The van der Waals surface area contributed by atoms with Crippen LogP contribution in [0.15, 0.2) is 24.3 Å². The molecule has 2 rings (SSSR count). The number of hydrogen-bond donors (Lipinski definition) is 1. The Kier molecular flexibility index (Phi) is 4.38. The van der Waals surface area contributed by atoms with Crippen LogP contribution in [-0.4, -0.2) is 43.2 Å². The van der Waals surface area contributed by atoms with Crippen LogP contribution in [0.1, 0.15) is 12.0 Å². The van der Waals surface area contributed by atoms with Gasteiger partial charge in [0.1, 0.15) is 17.3 Å². The highest BCUT2D eigenvalue weighted by Gasteiger charge is 2.27. The zero-order chi connectivity index (χ0) is 13.9. The van der Waals surface area contributed by atoms with E-state index in [2.05, 4.69) is 0 Å². The molecule has 1 aromatic carbocycles. The van der Waals surface area contributed by atoms with Gasteiger partial charge in [0, 0.05) is 18.7 Å². The first-order valence-corrected chi connectivity index (χ1v) is 8.01. The molecule has 1 aromatic rings. The Balaban J connectivity index is 1.84. The molecular formula is C12H16N2O3S2. The molecule has 1 aliphatic heterocycles. The third kappa shape index (κ3) is 3.65. The van der Waals surface area contributed by atoms with Gasteiger partial charge in [-0.2, -0.15) is 4.31 Å². The fraction of sp³-hybridized carbons (Fsp3) is 0.417. The Morgan fingerprint density at radius 2 is 2.05 bits per heavy atom. The Hall–Kier alpha value is -1.18. The van der Waals surface area contributed by atoms with Crippen LogP contribution in [-0.2, 0) is 10.0 Å². The van der Waals surface area contributed by atoms with Crippen molar-refractivity contribution in [2.75, 3.05) is 25.4 Å². The Labute approximate surface area is 118 Å². The molecule has 104 valence electrons. The second-order valence-electron chi connectivity index (χ2n) is 4.31. The number of nitrogens with zero attached hydrogens (tertiary/aromatic N) is 1. The molecule has 7 heteroatoms. The number of hydrogen-bond acceptors (Lipinski definition) is 4. The SMILES string of the molecule is NC(=S)c1ccc(OCCN2CCCS2(=O)=O)cc1. The van der Waals surface area contributed by atoms with E-state index >= 15 is 0 Å². The zero-order valence-corrected chi connectivity index (χ0v) is 12.0. The van der Waals surface area contributed by atoms with Gasteiger partial charge < -0.3 is 10.5 Å². The summed E-state index contributed by atoms with van der Waals surface area (Å²) in [5.41, 5.74) is 6.28.